The predicted octanol–water partition coefficient (Wildman–Crippen LogP) is 3.04. The highest BCUT2D eigenvalue weighted by molar-refractivity contribution is 7.14. The molecule has 7 nitrogen and oxygen atoms in total. The molecule has 27 heavy (non-hydrogen) atoms. The number of carbonyl (C=O) groups is 2. The van der Waals surface area contributed by atoms with Gasteiger partial charge in [0.2, 0.25) is 0 Å². The van der Waals surface area contributed by atoms with E-state index in [0.29, 0.717) is 25.2 Å². The Balaban J connectivity index is 1.36. The van der Waals surface area contributed by atoms with Crippen LogP contribution in [-0.2, 0) is 0 Å². The minimum Gasteiger partial charge on any atom is -0.322 e. The Kier molecular flexibility index (Phi) is 4.65. The zero-order valence-corrected chi connectivity index (χ0v) is 16.1. The second-order valence-corrected chi connectivity index (χ2v) is 7.69. The molecular formula is C19H21N5O2S. The van der Waals surface area contributed by atoms with Gasteiger partial charge in [-0.2, -0.15) is 5.10 Å². The van der Waals surface area contributed by atoms with Gasteiger partial charge in [-0.05, 0) is 32.3 Å². The Morgan fingerprint density at radius 1 is 1.33 bits per heavy atom. The van der Waals surface area contributed by atoms with E-state index >= 15 is 0 Å². The summed E-state index contributed by atoms with van der Waals surface area (Å²) in [6, 6.07) is 1.82. The molecular weight excluding hydrogens is 362 g/mol. The van der Waals surface area contributed by atoms with Gasteiger partial charge in [0.25, 0.3) is 5.91 Å². The lowest BCUT2D eigenvalue weighted by Crippen LogP contribution is -2.35. The third kappa shape index (κ3) is 3.44. The second-order valence-electron chi connectivity index (χ2n) is 6.86. The van der Waals surface area contributed by atoms with Crippen molar-refractivity contribution in [2.24, 2.45) is 5.92 Å². The Bertz CT molecular complexity index is 942. The Labute approximate surface area is 161 Å². The van der Waals surface area contributed by atoms with Crippen molar-refractivity contribution < 1.29 is 9.59 Å². The zero-order chi connectivity index (χ0) is 19.0. The average Bonchev–Trinajstić information content (AvgIpc) is 3.37. The van der Waals surface area contributed by atoms with Crippen molar-refractivity contribution in [3.8, 4) is 0 Å². The van der Waals surface area contributed by atoms with Gasteiger partial charge < -0.3 is 4.90 Å². The van der Waals surface area contributed by atoms with E-state index in [1.807, 2.05) is 48.4 Å². The van der Waals surface area contributed by atoms with Gasteiger partial charge in [0.05, 0.1) is 5.69 Å². The van der Waals surface area contributed by atoms with Crippen LogP contribution in [0.1, 0.15) is 22.6 Å². The van der Waals surface area contributed by atoms with Crippen LogP contribution in [0, 0.1) is 19.8 Å². The maximum absolute atomic E-state index is 12.7. The number of rotatable bonds is 4. The van der Waals surface area contributed by atoms with E-state index in [2.05, 4.69) is 10.1 Å². The highest BCUT2D eigenvalue weighted by Crippen LogP contribution is 2.26. The summed E-state index contributed by atoms with van der Waals surface area (Å²) in [7, 11) is 0. The topological polar surface area (TPSA) is 71.3 Å². The van der Waals surface area contributed by atoms with E-state index in [-0.39, 0.29) is 17.9 Å². The van der Waals surface area contributed by atoms with Crippen LogP contribution in [0.3, 0.4) is 0 Å². The number of amides is 2. The SMILES string of the molecule is Cc1csc(N2CCN(CC3C=CC(C(=O)n4nccc4C)=CC3)C2=O)n1. The number of carbonyl (C=O) groups excluding carboxylic acids is 2. The molecule has 1 atom stereocenters. The van der Waals surface area contributed by atoms with Gasteiger partial charge in [-0.1, -0.05) is 18.2 Å². The van der Waals surface area contributed by atoms with Crippen LogP contribution < -0.4 is 4.90 Å². The summed E-state index contributed by atoms with van der Waals surface area (Å²) in [6.07, 6.45) is 8.17. The molecule has 0 bridgehead atoms. The molecule has 0 spiro atoms. The molecule has 1 aliphatic carbocycles. The number of aryl methyl sites for hydroxylation is 2. The molecule has 8 heteroatoms. The maximum Gasteiger partial charge on any atom is 0.326 e. The lowest BCUT2D eigenvalue weighted by molar-refractivity contribution is 0.0941. The summed E-state index contributed by atoms with van der Waals surface area (Å²) in [5.74, 6) is 0.0944. The van der Waals surface area contributed by atoms with Crippen LogP contribution in [0.15, 0.2) is 41.4 Å². The fourth-order valence-electron chi connectivity index (χ4n) is 3.34. The molecule has 0 aromatic carbocycles. The van der Waals surface area contributed by atoms with Crippen molar-refractivity contribution >= 4 is 28.4 Å². The molecule has 1 aliphatic heterocycles. The third-order valence-electron chi connectivity index (χ3n) is 4.85. The molecule has 0 saturated carbocycles. The standard InChI is InChI=1S/C19H21N5O2S/c1-13-12-27-18(21-13)23-10-9-22(19(23)26)11-15-3-5-16(6-4-15)17(25)24-14(2)7-8-20-24/h3,5-8,12,15H,4,9-11H2,1-2H3. The fourth-order valence-corrected chi connectivity index (χ4v) is 4.16. The van der Waals surface area contributed by atoms with Crippen molar-refractivity contribution in [2.75, 3.05) is 24.5 Å². The molecule has 140 valence electrons. The molecule has 0 N–H and O–H groups in total. The third-order valence-corrected chi connectivity index (χ3v) is 5.83. The number of aromatic nitrogens is 3. The Morgan fingerprint density at radius 2 is 2.19 bits per heavy atom. The first-order valence-electron chi connectivity index (χ1n) is 8.95. The molecule has 0 radical (unpaired) electrons. The maximum atomic E-state index is 12.7. The van der Waals surface area contributed by atoms with Gasteiger partial charge in [-0.25, -0.2) is 14.5 Å². The normalized spacial score (nSPS) is 19.7. The van der Waals surface area contributed by atoms with Crippen LogP contribution in [0.2, 0.25) is 0 Å². The summed E-state index contributed by atoms with van der Waals surface area (Å²) >= 11 is 1.50. The minimum absolute atomic E-state index is 0.00997. The highest BCUT2D eigenvalue weighted by atomic mass is 32.1. The van der Waals surface area contributed by atoms with Crippen LogP contribution in [0.5, 0.6) is 0 Å². The monoisotopic (exact) mass is 383 g/mol. The minimum atomic E-state index is -0.116. The first-order chi connectivity index (χ1) is 13.0. The summed E-state index contributed by atoms with van der Waals surface area (Å²) < 4.78 is 1.41. The summed E-state index contributed by atoms with van der Waals surface area (Å²) in [5.41, 5.74) is 2.40. The predicted molar refractivity (Wildman–Crippen MR) is 104 cm³/mol. The average molecular weight is 383 g/mol. The van der Waals surface area contributed by atoms with Crippen molar-refractivity contribution in [1.29, 1.82) is 0 Å². The van der Waals surface area contributed by atoms with E-state index in [9.17, 15) is 9.59 Å². The summed E-state index contributed by atoms with van der Waals surface area (Å²) in [5, 5.41) is 6.79. The molecule has 1 fully saturated rings. The second kappa shape index (κ2) is 7.11. The first kappa shape index (κ1) is 17.7. The lowest BCUT2D eigenvalue weighted by Gasteiger charge is -2.23. The molecule has 2 aliphatic rings. The van der Waals surface area contributed by atoms with Crippen molar-refractivity contribution in [3.63, 3.8) is 0 Å². The number of thiazole rings is 1. The van der Waals surface area contributed by atoms with Crippen LogP contribution >= 0.6 is 11.3 Å². The van der Waals surface area contributed by atoms with Crippen LogP contribution in [0.4, 0.5) is 9.93 Å². The zero-order valence-electron chi connectivity index (χ0n) is 15.3. The number of nitrogens with zero attached hydrogens (tertiary/aromatic N) is 5. The fraction of sp³-hybridized carbons (Fsp3) is 0.368. The van der Waals surface area contributed by atoms with Crippen LogP contribution in [0.25, 0.3) is 0 Å². The Hall–Kier alpha value is -2.74. The lowest BCUT2D eigenvalue weighted by atomic mass is 9.96. The number of allylic oxidation sites excluding steroid dienone is 3. The number of hydrogen-bond donors (Lipinski definition) is 0. The van der Waals surface area contributed by atoms with E-state index < -0.39 is 0 Å². The van der Waals surface area contributed by atoms with E-state index in [0.717, 1.165) is 22.9 Å². The molecule has 2 amide bonds. The van der Waals surface area contributed by atoms with Gasteiger partial charge >= 0.3 is 6.03 Å². The summed E-state index contributed by atoms with van der Waals surface area (Å²) in [4.78, 5) is 33.2. The van der Waals surface area contributed by atoms with Crippen molar-refractivity contribution in [1.82, 2.24) is 19.7 Å². The molecule has 2 aromatic rings. The molecule has 2 aromatic heterocycles. The smallest absolute Gasteiger partial charge is 0.322 e. The Morgan fingerprint density at radius 3 is 2.81 bits per heavy atom. The largest absolute Gasteiger partial charge is 0.326 e. The molecule has 1 saturated heterocycles. The van der Waals surface area contributed by atoms with E-state index in [1.165, 1.54) is 16.0 Å². The summed E-state index contributed by atoms with van der Waals surface area (Å²) in [6.45, 7) is 5.80. The number of anilines is 1. The van der Waals surface area contributed by atoms with Crippen molar-refractivity contribution in [2.45, 2.75) is 20.3 Å². The number of urea groups is 1. The quantitative estimate of drug-likeness (QED) is 0.814. The van der Waals surface area contributed by atoms with Crippen LogP contribution in [-0.4, -0.2) is 51.2 Å². The molecule has 1 unspecified atom stereocenters. The molecule has 3 heterocycles. The van der Waals surface area contributed by atoms with Gasteiger partial charge in [0.15, 0.2) is 5.13 Å². The van der Waals surface area contributed by atoms with Gasteiger partial charge in [0, 0.05) is 42.5 Å². The van der Waals surface area contributed by atoms with Gasteiger partial charge in [-0.3, -0.25) is 9.69 Å². The van der Waals surface area contributed by atoms with E-state index in [1.54, 1.807) is 11.1 Å². The highest BCUT2D eigenvalue weighted by Gasteiger charge is 2.32. The van der Waals surface area contributed by atoms with Crippen molar-refractivity contribution in [3.05, 3.63) is 52.8 Å². The first-order valence-corrected chi connectivity index (χ1v) is 9.83. The van der Waals surface area contributed by atoms with E-state index in [4.69, 9.17) is 0 Å². The molecule has 4 rings (SSSR count). The van der Waals surface area contributed by atoms with Gasteiger partial charge in [0.1, 0.15) is 0 Å². The number of hydrogen-bond acceptors (Lipinski definition) is 5. The van der Waals surface area contributed by atoms with Gasteiger partial charge in [-0.15, -0.1) is 11.3 Å².